The molecule has 1 atom stereocenters. The number of benzene rings is 1. The highest BCUT2D eigenvalue weighted by Crippen LogP contribution is 2.15. The van der Waals surface area contributed by atoms with E-state index in [1.807, 2.05) is 24.3 Å². The summed E-state index contributed by atoms with van der Waals surface area (Å²) < 4.78 is 5.11. The molecule has 0 saturated carbocycles. The third-order valence-electron chi connectivity index (χ3n) is 3.96. The van der Waals surface area contributed by atoms with E-state index in [2.05, 4.69) is 5.32 Å². The number of hydrogen-bond donors (Lipinski definition) is 2. The van der Waals surface area contributed by atoms with Gasteiger partial charge in [-0.15, -0.1) is 0 Å². The van der Waals surface area contributed by atoms with Crippen LogP contribution in [0.25, 0.3) is 0 Å². The molecular weight excluding hydrogens is 282 g/mol. The molecule has 1 heterocycles. The number of urea groups is 1. The highest BCUT2D eigenvalue weighted by atomic mass is 16.5. The molecule has 1 aliphatic rings. The third-order valence-corrected chi connectivity index (χ3v) is 3.96. The summed E-state index contributed by atoms with van der Waals surface area (Å²) in [5.41, 5.74) is 6.47. The van der Waals surface area contributed by atoms with Gasteiger partial charge in [0.05, 0.1) is 13.0 Å². The van der Waals surface area contributed by atoms with Gasteiger partial charge in [0, 0.05) is 19.6 Å². The molecule has 0 aromatic heterocycles. The van der Waals surface area contributed by atoms with Crippen LogP contribution in [0, 0.1) is 5.92 Å². The molecule has 0 bridgehead atoms. The topological polar surface area (TPSA) is 84.7 Å². The van der Waals surface area contributed by atoms with Crippen molar-refractivity contribution in [3.05, 3.63) is 29.8 Å². The van der Waals surface area contributed by atoms with E-state index in [9.17, 15) is 9.59 Å². The number of methoxy groups -OCH3 is 1. The fourth-order valence-corrected chi connectivity index (χ4v) is 2.57. The standard InChI is InChI=1S/C16H23N3O3/c1-22-14-6-4-12(5-7-14)3-2-9-18-16(21)19-10-8-13(11-19)15(17)20/h4-7,13H,2-3,8-11H2,1H3,(H2,17,20)(H,18,21). The molecule has 120 valence electrons. The number of nitrogens with zero attached hydrogens (tertiary/aromatic N) is 1. The van der Waals surface area contributed by atoms with Crippen molar-refractivity contribution >= 4 is 11.9 Å². The van der Waals surface area contributed by atoms with Crippen LogP contribution in [0.1, 0.15) is 18.4 Å². The smallest absolute Gasteiger partial charge is 0.317 e. The van der Waals surface area contributed by atoms with Crippen LogP contribution in [0.4, 0.5) is 4.79 Å². The third kappa shape index (κ3) is 4.38. The number of primary amides is 1. The summed E-state index contributed by atoms with van der Waals surface area (Å²) in [5, 5.41) is 2.89. The molecule has 1 aliphatic heterocycles. The van der Waals surface area contributed by atoms with Crippen molar-refractivity contribution in [2.75, 3.05) is 26.7 Å². The molecule has 6 nitrogen and oxygen atoms in total. The molecule has 0 radical (unpaired) electrons. The first kappa shape index (κ1) is 16.1. The summed E-state index contributed by atoms with van der Waals surface area (Å²) in [5.74, 6) is 0.315. The first-order valence-corrected chi connectivity index (χ1v) is 7.55. The predicted octanol–water partition coefficient (Wildman–Crippen LogP) is 1.14. The van der Waals surface area contributed by atoms with Crippen LogP contribution in [0.3, 0.4) is 0 Å². The maximum atomic E-state index is 12.0. The van der Waals surface area contributed by atoms with Crippen molar-refractivity contribution in [2.24, 2.45) is 11.7 Å². The van der Waals surface area contributed by atoms with Gasteiger partial charge in [0.1, 0.15) is 5.75 Å². The Morgan fingerprint density at radius 2 is 2.09 bits per heavy atom. The number of ether oxygens (including phenoxy) is 1. The van der Waals surface area contributed by atoms with E-state index >= 15 is 0 Å². The van der Waals surface area contributed by atoms with Gasteiger partial charge in [-0.05, 0) is 37.0 Å². The van der Waals surface area contributed by atoms with Crippen molar-refractivity contribution in [1.82, 2.24) is 10.2 Å². The number of amides is 3. The monoisotopic (exact) mass is 305 g/mol. The average molecular weight is 305 g/mol. The normalized spacial score (nSPS) is 17.3. The van der Waals surface area contributed by atoms with Crippen LogP contribution in [0.5, 0.6) is 5.75 Å². The average Bonchev–Trinajstić information content (AvgIpc) is 3.02. The Kier molecular flexibility index (Phi) is 5.63. The van der Waals surface area contributed by atoms with E-state index in [0.29, 0.717) is 26.1 Å². The highest BCUT2D eigenvalue weighted by molar-refractivity contribution is 5.80. The zero-order valence-corrected chi connectivity index (χ0v) is 12.9. The molecule has 1 saturated heterocycles. The van der Waals surface area contributed by atoms with Crippen molar-refractivity contribution in [3.63, 3.8) is 0 Å². The Hall–Kier alpha value is -2.24. The van der Waals surface area contributed by atoms with Gasteiger partial charge < -0.3 is 20.7 Å². The number of likely N-dealkylation sites (tertiary alicyclic amines) is 1. The second-order valence-electron chi connectivity index (χ2n) is 5.52. The number of rotatable bonds is 6. The van der Waals surface area contributed by atoms with Crippen molar-refractivity contribution in [3.8, 4) is 5.75 Å². The first-order valence-electron chi connectivity index (χ1n) is 7.55. The van der Waals surface area contributed by atoms with Crippen LogP contribution in [0.15, 0.2) is 24.3 Å². The van der Waals surface area contributed by atoms with Crippen LogP contribution in [-0.4, -0.2) is 43.6 Å². The van der Waals surface area contributed by atoms with Crippen LogP contribution in [-0.2, 0) is 11.2 Å². The van der Waals surface area contributed by atoms with Crippen LogP contribution in [0.2, 0.25) is 0 Å². The molecule has 1 unspecified atom stereocenters. The Balaban J connectivity index is 1.66. The second kappa shape index (κ2) is 7.68. The summed E-state index contributed by atoms with van der Waals surface area (Å²) in [4.78, 5) is 24.7. The van der Waals surface area contributed by atoms with E-state index in [1.165, 1.54) is 5.56 Å². The minimum atomic E-state index is -0.324. The Morgan fingerprint density at radius 3 is 2.68 bits per heavy atom. The second-order valence-corrected chi connectivity index (χ2v) is 5.52. The Bertz CT molecular complexity index is 516. The molecule has 1 aromatic rings. The molecule has 0 spiro atoms. The zero-order chi connectivity index (χ0) is 15.9. The van der Waals surface area contributed by atoms with Gasteiger partial charge in [0.15, 0.2) is 0 Å². The van der Waals surface area contributed by atoms with E-state index in [1.54, 1.807) is 12.0 Å². The number of nitrogens with two attached hydrogens (primary N) is 1. The van der Waals surface area contributed by atoms with Gasteiger partial charge in [-0.3, -0.25) is 4.79 Å². The van der Waals surface area contributed by atoms with Gasteiger partial charge >= 0.3 is 6.03 Å². The largest absolute Gasteiger partial charge is 0.497 e. The molecule has 22 heavy (non-hydrogen) atoms. The van der Waals surface area contributed by atoms with E-state index in [4.69, 9.17) is 10.5 Å². The van der Waals surface area contributed by atoms with Crippen LogP contribution < -0.4 is 15.8 Å². The fraction of sp³-hybridized carbons (Fsp3) is 0.500. The van der Waals surface area contributed by atoms with Gasteiger partial charge in [-0.1, -0.05) is 12.1 Å². The molecule has 1 fully saturated rings. The number of nitrogens with one attached hydrogen (secondary N) is 1. The van der Waals surface area contributed by atoms with E-state index in [0.717, 1.165) is 18.6 Å². The predicted molar refractivity (Wildman–Crippen MR) is 83.6 cm³/mol. The molecular formula is C16H23N3O3. The lowest BCUT2D eigenvalue weighted by Gasteiger charge is -2.16. The molecule has 3 N–H and O–H groups in total. The first-order chi connectivity index (χ1) is 10.6. The molecule has 2 rings (SSSR count). The Labute approximate surface area is 130 Å². The Morgan fingerprint density at radius 1 is 1.36 bits per heavy atom. The van der Waals surface area contributed by atoms with Gasteiger partial charge in [-0.25, -0.2) is 4.79 Å². The van der Waals surface area contributed by atoms with Crippen molar-refractivity contribution < 1.29 is 14.3 Å². The van der Waals surface area contributed by atoms with Crippen molar-refractivity contribution in [2.45, 2.75) is 19.3 Å². The SMILES string of the molecule is COc1ccc(CCCNC(=O)N2CCC(C(N)=O)C2)cc1. The van der Waals surface area contributed by atoms with Crippen LogP contribution >= 0.6 is 0 Å². The number of aryl methyl sites for hydroxylation is 1. The van der Waals surface area contributed by atoms with Gasteiger partial charge in [0.2, 0.25) is 5.91 Å². The summed E-state index contributed by atoms with van der Waals surface area (Å²) in [6.45, 7) is 1.64. The maximum Gasteiger partial charge on any atom is 0.317 e. The van der Waals surface area contributed by atoms with E-state index < -0.39 is 0 Å². The number of carbonyl (C=O) groups excluding carboxylic acids is 2. The maximum absolute atomic E-state index is 12.0. The van der Waals surface area contributed by atoms with Gasteiger partial charge in [-0.2, -0.15) is 0 Å². The summed E-state index contributed by atoms with van der Waals surface area (Å²) >= 11 is 0. The molecule has 0 aliphatic carbocycles. The summed E-state index contributed by atoms with van der Waals surface area (Å²) in [6.07, 6.45) is 2.42. The zero-order valence-electron chi connectivity index (χ0n) is 12.9. The quantitative estimate of drug-likeness (QED) is 0.773. The molecule has 1 aromatic carbocycles. The molecule has 3 amide bonds. The minimum absolute atomic E-state index is 0.113. The number of hydrogen-bond acceptors (Lipinski definition) is 3. The lowest BCUT2D eigenvalue weighted by atomic mass is 10.1. The lowest BCUT2D eigenvalue weighted by molar-refractivity contribution is -0.121. The van der Waals surface area contributed by atoms with Crippen molar-refractivity contribution in [1.29, 1.82) is 0 Å². The van der Waals surface area contributed by atoms with E-state index in [-0.39, 0.29) is 17.9 Å². The van der Waals surface area contributed by atoms with Gasteiger partial charge in [0.25, 0.3) is 0 Å². The highest BCUT2D eigenvalue weighted by Gasteiger charge is 2.29. The fourth-order valence-electron chi connectivity index (χ4n) is 2.57. The summed E-state index contributed by atoms with van der Waals surface area (Å²) in [6, 6.07) is 7.81. The summed E-state index contributed by atoms with van der Waals surface area (Å²) in [7, 11) is 1.64. The lowest BCUT2D eigenvalue weighted by Crippen LogP contribution is -2.39. The number of carbonyl (C=O) groups is 2. The minimum Gasteiger partial charge on any atom is -0.497 e. The molecule has 6 heteroatoms.